The highest BCUT2D eigenvalue weighted by Crippen LogP contribution is 2.32. The van der Waals surface area contributed by atoms with E-state index in [1.807, 2.05) is 42.5 Å². The van der Waals surface area contributed by atoms with Gasteiger partial charge in [-0.25, -0.2) is 4.98 Å². The second-order valence-corrected chi connectivity index (χ2v) is 5.92. The molecule has 0 radical (unpaired) electrons. The molecule has 0 saturated carbocycles. The third kappa shape index (κ3) is 2.82. The van der Waals surface area contributed by atoms with Gasteiger partial charge in [0, 0.05) is 9.92 Å². The molecule has 3 rings (SSSR count). The molecule has 0 amide bonds. The quantitative estimate of drug-likeness (QED) is 0.769. The van der Waals surface area contributed by atoms with Gasteiger partial charge in [0.2, 0.25) is 0 Å². The molecule has 0 bridgehead atoms. The molecule has 5 heteroatoms. The molecule has 3 aromatic rings. The zero-order chi connectivity index (χ0) is 13.9. The van der Waals surface area contributed by atoms with Crippen molar-refractivity contribution in [3.05, 3.63) is 53.1 Å². The minimum Gasteiger partial charge on any atom is -0.333 e. The van der Waals surface area contributed by atoms with Crippen molar-refractivity contribution < 1.29 is 0 Å². The van der Waals surface area contributed by atoms with Crippen LogP contribution in [0.2, 0.25) is 5.02 Å². The summed E-state index contributed by atoms with van der Waals surface area (Å²) >= 11 is 7.67. The topological polar surface area (TPSA) is 54.7 Å². The molecule has 0 spiro atoms. The lowest BCUT2D eigenvalue weighted by molar-refractivity contribution is 0.942. The van der Waals surface area contributed by atoms with Crippen LogP contribution in [0.1, 0.15) is 5.56 Å². The number of para-hydroxylation sites is 2. The first-order valence-corrected chi connectivity index (χ1v) is 7.57. The molecule has 0 aliphatic heterocycles. The Morgan fingerprint density at radius 1 is 1.20 bits per heavy atom. The normalized spacial score (nSPS) is 11.1. The Labute approximate surface area is 126 Å². The van der Waals surface area contributed by atoms with Gasteiger partial charge in [0.05, 0.1) is 11.0 Å². The Hall–Kier alpha value is -1.49. The fourth-order valence-electron chi connectivity index (χ4n) is 2.07. The van der Waals surface area contributed by atoms with Crippen LogP contribution >= 0.6 is 23.4 Å². The van der Waals surface area contributed by atoms with Gasteiger partial charge in [0.15, 0.2) is 5.16 Å². The van der Waals surface area contributed by atoms with Crippen LogP contribution in [-0.2, 0) is 6.42 Å². The lowest BCUT2D eigenvalue weighted by atomic mass is 10.1. The molecule has 0 unspecified atom stereocenters. The van der Waals surface area contributed by atoms with E-state index in [-0.39, 0.29) is 0 Å². The van der Waals surface area contributed by atoms with Crippen molar-refractivity contribution in [1.29, 1.82) is 0 Å². The van der Waals surface area contributed by atoms with Crippen LogP contribution in [0.25, 0.3) is 11.0 Å². The number of aromatic amines is 1. The number of nitrogens with two attached hydrogens (primary N) is 1. The summed E-state index contributed by atoms with van der Waals surface area (Å²) in [5.74, 6) is 0. The van der Waals surface area contributed by atoms with E-state index < -0.39 is 0 Å². The fourth-order valence-corrected chi connectivity index (χ4v) is 3.30. The third-order valence-corrected chi connectivity index (χ3v) is 4.24. The Morgan fingerprint density at radius 3 is 2.85 bits per heavy atom. The second-order valence-electron chi connectivity index (χ2n) is 4.45. The monoisotopic (exact) mass is 303 g/mol. The van der Waals surface area contributed by atoms with Crippen LogP contribution in [0, 0.1) is 0 Å². The first-order chi connectivity index (χ1) is 9.76. The number of benzene rings is 2. The van der Waals surface area contributed by atoms with Crippen LogP contribution in [0.4, 0.5) is 0 Å². The molecule has 3 nitrogen and oxygen atoms in total. The summed E-state index contributed by atoms with van der Waals surface area (Å²) in [6, 6.07) is 13.9. The Balaban J connectivity index is 1.95. The van der Waals surface area contributed by atoms with Crippen LogP contribution in [0.15, 0.2) is 52.5 Å². The van der Waals surface area contributed by atoms with Gasteiger partial charge in [-0.15, -0.1) is 0 Å². The van der Waals surface area contributed by atoms with Gasteiger partial charge in [-0.05, 0) is 42.8 Å². The minimum absolute atomic E-state index is 0.620. The number of halogens is 1. The predicted octanol–water partition coefficient (Wildman–Crippen LogP) is 3.87. The predicted molar refractivity (Wildman–Crippen MR) is 84.4 cm³/mol. The highest BCUT2D eigenvalue weighted by Gasteiger charge is 2.08. The summed E-state index contributed by atoms with van der Waals surface area (Å²) in [6.07, 6.45) is 0.833. The van der Waals surface area contributed by atoms with E-state index in [0.29, 0.717) is 6.54 Å². The molecule has 0 fully saturated rings. The van der Waals surface area contributed by atoms with E-state index in [2.05, 4.69) is 9.97 Å². The number of hydrogen-bond donors (Lipinski definition) is 2. The number of aromatic nitrogens is 2. The molecule has 2 aromatic carbocycles. The van der Waals surface area contributed by atoms with Gasteiger partial charge in [-0.1, -0.05) is 41.6 Å². The smallest absolute Gasteiger partial charge is 0.171 e. The summed E-state index contributed by atoms with van der Waals surface area (Å²) in [5.41, 5.74) is 8.86. The molecule has 3 N–H and O–H groups in total. The Morgan fingerprint density at radius 2 is 2.05 bits per heavy atom. The van der Waals surface area contributed by atoms with E-state index >= 15 is 0 Å². The van der Waals surface area contributed by atoms with E-state index in [1.165, 1.54) is 5.56 Å². The molecule has 1 heterocycles. The van der Waals surface area contributed by atoms with Crippen molar-refractivity contribution in [2.24, 2.45) is 5.73 Å². The summed E-state index contributed by atoms with van der Waals surface area (Å²) in [6.45, 7) is 0.620. The molecule has 0 saturated heterocycles. The van der Waals surface area contributed by atoms with Crippen molar-refractivity contribution >= 4 is 34.4 Å². The molecule has 0 atom stereocenters. The average Bonchev–Trinajstić information content (AvgIpc) is 2.84. The first-order valence-electron chi connectivity index (χ1n) is 6.37. The van der Waals surface area contributed by atoms with E-state index in [1.54, 1.807) is 11.8 Å². The van der Waals surface area contributed by atoms with Crippen molar-refractivity contribution in [3.63, 3.8) is 0 Å². The molecule has 20 heavy (non-hydrogen) atoms. The highest BCUT2D eigenvalue weighted by atomic mass is 35.5. The third-order valence-electron chi connectivity index (χ3n) is 3.02. The number of H-pyrrole nitrogens is 1. The van der Waals surface area contributed by atoms with Crippen molar-refractivity contribution in [2.45, 2.75) is 16.5 Å². The van der Waals surface area contributed by atoms with Crippen LogP contribution in [0.3, 0.4) is 0 Å². The van der Waals surface area contributed by atoms with Crippen molar-refractivity contribution in [1.82, 2.24) is 9.97 Å². The van der Waals surface area contributed by atoms with Crippen LogP contribution in [0.5, 0.6) is 0 Å². The zero-order valence-electron chi connectivity index (χ0n) is 10.8. The van der Waals surface area contributed by atoms with E-state index in [0.717, 1.165) is 32.5 Å². The van der Waals surface area contributed by atoms with Gasteiger partial charge in [-0.3, -0.25) is 0 Å². The van der Waals surface area contributed by atoms with E-state index in [4.69, 9.17) is 17.3 Å². The molecular formula is C15H14ClN3S. The van der Waals surface area contributed by atoms with Gasteiger partial charge in [-0.2, -0.15) is 0 Å². The SMILES string of the molecule is NCCc1ccc(Cl)cc1Sc1nc2ccccc2[nH]1. The maximum atomic E-state index is 6.09. The average molecular weight is 304 g/mol. The number of nitrogens with one attached hydrogen (secondary N) is 1. The van der Waals surface area contributed by atoms with Gasteiger partial charge in [0.25, 0.3) is 0 Å². The zero-order valence-corrected chi connectivity index (χ0v) is 12.3. The first kappa shape index (κ1) is 13.5. The van der Waals surface area contributed by atoms with Gasteiger partial charge < -0.3 is 10.7 Å². The molecule has 1 aromatic heterocycles. The molecular weight excluding hydrogens is 290 g/mol. The number of rotatable bonds is 4. The number of imidazole rings is 1. The fraction of sp³-hybridized carbons (Fsp3) is 0.133. The van der Waals surface area contributed by atoms with Crippen molar-refractivity contribution in [3.8, 4) is 0 Å². The lowest BCUT2D eigenvalue weighted by Crippen LogP contribution is -2.03. The van der Waals surface area contributed by atoms with Gasteiger partial charge in [0.1, 0.15) is 0 Å². The molecule has 0 aliphatic carbocycles. The lowest BCUT2D eigenvalue weighted by Gasteiger charge is -2.07. The number of hydrogen-bond acceptors (Lipinski definition) is 3. The maximum Gasteiger partial charge on any atom is 0.171 e. The van der Waals surface area contributed by atoms with Crippen LogP contribution < -0.4 is 5.73 Å². The summed E-state index contributed by atoms with van der Waals surface area (Å²) < 4.78 is 0. The number of fused-ring (bicyclic) bond motifs is 1. The Bertz CT molecular complexity index is 706. The summed E-state index contributed by atoms with van der Waals surface area (Å²) in [7, 11) is 0. The van der Waals surface area contributed by atoms with Gasteiger partial charge >= 0.3 is 0 Å². The second kappa shape index (κ2) is 5.87. The maximum absolute atomic E-state index is 6.09. The van der Waals surface area contributed by atoms with Crippen LogP contribution in [-0.4, -0.2) is 16.5 Å². The highest BCUT2D eigenvalue weighted by molar-refractivity contribution is 7.99. The minimum atomic E-state index is 0.620. The molecule has 102 valence electrons. The standard InChI is InChI=1S/C15H14ClN3S/c16-11-6-5-10(7-8-17)14(9-11)20-15-18-12-3-1-2-4-13(12)19-15/h1-6,9H,7-8,17H2,(H,18,19). The Kier molecular flexibility index (Phi) is 3.96. The summed E-state index contributed by atoms with van der Waals surface area (Å²) in [4.78, 5) is 8.98. The number of nitrogens with zero attached hydrogens (tertiary/aromatic N) is 1. The largest absolute Gasteiger partial charge is 0.333 e. The summed E-state index contributed by atoms with van der Waals surface area (Å²) in [5, 5.41) is 1.59. The molecule has 0 aliphatic rings. The van der Waals surface area contributed by atoms with E-state index in [9.17, 15) is 0 Å². The van der Waals surface area contributed by atoms with Crippen molar-refractivity contribution in [2.75, 3.05) is 6.54 Å².